The van der Waals surface area contributed by atoms with Crippen LogP contribution in [0.1, 0.15) is 26.2 Å². The van der Waals surface area contributed by atoms with Gasteiger partial charge in [-0.2, -0.15) is 0 Å². The molecule has 2 fully saturated rings. The van der Waals surface area contributed by atoms with Gasteiger partial charge in [0.25, 0.3) is 0 Å². The number of fused-ring (bicyclic) bond motifs is 3. The molecule has 1 aliphatic carbocycles. The Morgan fingerprint density at radius 1 is 1.28 bits per heavy atom. The van der Waals surface area contributed by atoms with Crippen molar-refractivity contribution >= 4 is 32.5 Å². The quantitative estimate of drug-likeness (QED) is 0.770. The molecule has 1 saturated heterocycles. The molecule has 0 aromatic carbocycles. The van der Waals surface area contributed by atoms with Crippen molar-refractivity contribution in [3.05, 3.63) is 24.7 Å². The molecule has 1 N–H and O–H groups in total. The molecule has 4 heterocycles. The van der Waals surface area contributed by atoms with E-state index in [-0.39, 0.29) is 17.2 Å². The zero-order chi connectivity index (χ0) is 17.2. The number of rotatable bonds is 4. The van der Waals surface area contributed by atoms with Crippen molar-refractivity contribution in [2.24, 2.45) is 5.92 Å². The lowest BCUT2D eigenvalue weighted by molar-refractivity contribution is 0.565. The minimum atomic E-state index is -2.92. The van der Waals surface area contributed by atoms with E-state index in [9.17, 15) is 8.42 Å². The molecule has 7 nitrogen and oxygen atoms in total. The summed E-state index contributed by atoms with van der Waals surface area (Å²) in [6, 6.07) is 2.27. The fourth-order valence-electron chi connectivity index (χ4n) is 4.10. The Bertz CT molecular complexity index is 1050. The van der Waals surface area contributed by atoms with Crippen molar-refractivity contribution < 1.29 is 8.42 Å². The fourth-order valence-corrected chi connectivity index (χ4v) is 6.12. The molecule has 0 unspecified atom stereocenters. The minimum Gasteiger partial charge on any atom is -0.345 e. The van der Waals surface area contributed by atoms with E-state index in [1.165, 1.54) is 0 Å². The van der Waals surface area contributed by atoms with Gasteiger partial charge in [0.05, 0.1) is 34.4 Å². The van der Waals surface area contributed by atoms with E-state index in [0.717, 1.165) is 48.4 Å². The first kappa shape index (κ1) is 15.2. The van der Waals surface area contributed by atoms with Crippen LogP contribution in [0.4, 0.5) is 5.95 Å². The van der Waals surface area contributed by atoms with Crippen LogP contribution in [0.15, 0.2) is 24.7 Å². The Hall–Kier alpha value is -2.09. The van der Waals surface area contributed by atoms with Gasteiger partial charge in [-0.05, 0) is 38.2 Å². The smallest absolute Gasteiger partial charge is 0.211 e. The number of anilines is 1. The van der Waals surface area contributed by atoms with E-state index >= 15 is 0 Å². The van der Waals surface area contributed by atoms with Crippen LogP contribution >= 0.6 is 0 Å². The standard InChI is InChI=1S/C17H21N5O2S/c1-11-6-12(10-25(23,24)14-2-3-14)9-21(11)17-20-8-13-7-19-16-15(22(13)17)4-5-18-16/h4-5,7-8,11-12,14,18H,2-3,6,9-10H2,1H3/t11-,12+/m1/s1. The average Bonchev–Trinajstić information content (AvgIpc) is 3.03. The first-order valence-corrected chi connectivity index (χ1v) is 10.5. The molecule has 2 atom stereocenters. The van der Waals surface area contributed by atoms with Gasteiger partial charge in [-0.25, -0.2) is 18.4 Å². The number of aromatic amines is 1. The Labute approximate surface area is 146 Å². The molecule has 25 heavy (non-hydrogen) atoms. The van der Waals surface area contributed by atoms with Crippen molar-refractivity contribution in [3.63, 3.8) is 0 Å². The normalized spacial score (nSPS) is 24.6. The van der Waals surface area contributed by atoms with Gasteiger partial charge in [-0.1, -0.05) is 0 Å². The molecule has 0 radical (unpaired) electrons. The van der Waals surface area contributed by atoms with E-state index in [1.54, 1.807) is 0 Å². The van der Waals surface area contributed by atoms with Gasteiger partial charge in [-0.3, -0.25) is 4.40 Å². The molecule has 1 saturated carbocycles. The van der Waals surface area contributed by atoms with E-state index in [4.69, 9.17) is 0 Å². The van der Waals surface area contributed by atoms with E-state index in [0.29, 0.717) is 5.75 Å². The number of nitrogens with one attached hydrogen (secondary N) is 1. The number of hydrogen-bond donors (Lipinski definition) is 1. The number of imidazole rings is 1. The molecule has 0 spiro atoms. The topological polar surface area (TPSA) is 83.4 Å². The van der Waals surface area contributed by atoms with Crippen LogP contribution in [0, 0.1) is 5.92 Å². The van der Waals surface area contributed by atoms with E-state index in [2.05, 4.69) is 31.2 Å². The summed E-state index contributed by atoms with van der Waals surface area (Å²) in [4.78, 5) is 14.4. The second-order valence-electron chi connectivity index (χ2n) is 7.42. The lowest BCUT2D eigenvalue weighted by atomic mass is 10.1. The van der Waals surface area contributed by atoms with Crippen LogP contribution < -0.4 is 4.90 Å². The molecule has 2 aliphatic rings. The molecule has 3 aromatic rings. The molecule has 0 bridgehead atoms. The van der Waals surface area contributed by atoms with Crippen LogP contribution in [0.25, 0.3) is 16.7 Å². The lowest BCUT2D eigenvalue weighted by Gasteiger charge is -2.22. The zero-order valence-electron chi connectivity index (χ0n) is 14.1. The second kappa shape index (κ2) is 5.20. The van der Waals surface area contributed by atoms with Gasteiger partial charge < -0.3 is 9.88 Å². The van der Waals surface area contributed by atoms with Gasteiger partial charge in [0, 0.05) is 18.8 Å². The highest BCUT2D eigenvalue weighted by Gasteiger charge is 2.40. The third-order valence-corrected chi connectivity index (χ3v) is 7.88. The third kappa shape index (κ3) is 2.42. The van der Waals surface area contributed by atoms with Crippen molar-refractivity contribution in [2.45, 2.75) is 37.5 Å². The Balaban J connectivity index is 1.49. The Kier molecular flexibility index (Phi) is 3.16. The van der Waals surface area contributed by atoms with Crippen LogP contribution in [0.5, 0.6) is 0 Å². The molecule has 0 amide bonds. The number of sulfone groups is 1. The minimum absolute atomic E-state index is 0.0744. The summed E-state index contributed by atoms with van der Waals surface area (Å²) in [6.45, 7) is 2.89. The molecule has 132 valence electrons. The largest absolute Gasteiger partial charge is 0.345 e. The zero-order valence-corrected chi connectivity index (χ0v) is 14.9. The summed E-state index contributed by atoms with van der Waals surface area (Å²) >= 11 is 0. The summed E-state index contributed by atoms with van der Waals surface area (Å²) in [7, 11) is -2.92. The number of H-pyrrole nitrogens is 1. The maximum Gasteiger partial charge on any atom is 0.211 e. The summed E-state index contributed by atoms with van der Waals surface area (Å²) < 4.78 is 26.8. The highest BCUT2D eigenvalue weighted by Crippen LogP contribution is 2.35. The number of hydrogen-bond acceptors (Lipinski definition) is 5. The van der Waals surface area contributed by atoms with Crippen molar-refractivity contribution in [1.29, 1.82) is 0 Å². The number of nitrogens with zero attached hydrogens (tertiary/aromatic N) is 4. The molecular formula is C17H21N5O2S. The van der Waals surface area contributed by atoms with Crippen molar-refractivity contribution in [2.75, 3.05) is 17.2 Å². The summed E-state index contributed by atoms with van der Waals surface area (Å²) in [5.41, 5.74) is 2.76. The molecule has 5 rings (SSSR count). The molecule has 3 aromatic heterocycles. The monoisotopic (exact) mass is 359 g/mol. The van der Waals surface area contributed by atoms with Crippen molar-refractivity contribution in [3.8, 4) is 0 Å². The van der Waals surface area contributed by atoms with E-state index < -0.39 is 9.84 Å². The highest BCUT2D eigenvalue weighted by molar-refractivity contribution is 7.92. The van der Waals surface area contributed by atoms with Crippen LogP contribution in [0.2, 0.25) is 0 Å². The highest BCUT2D eigenvalue weighted by atomic mass is 32.2. The number of aromatic nitrogens is 4. The van der Waals surface area contributed by atoms with Crippen LogP contribution in [0.3, 0.4) is 0 Å². The lowest BCUT2D eigenvalue weighted by Crippen LogP contribution is -2.29. The predicted molar refractivity (Wildman–Crippen MR) is 96.6 cm³/mol. The van der Waals surface area contributed by atoms with Crippen LogP contribution in [-0.4, -0.2) is 51.4 Å². The maximum absolute atomic E-state index is 12.3. The van der Waals surface area contributed by atoms with Gasteiger partial charge in [0.2, 0.25) is 5.95 Å². The molecule has 1 aliphatic heterocycles. The van der Waals surface area contributed by atoms with Gasteiger partial charge in [0.15, 0.2) is 15.5 Å². The second-order valence-corrected chi connectivity index (χ2v) is 9.75. The van der Waals surface area contributed by atoms with E-state index in [1.807, 2.05) is 24.7 Å². The van der Waals surface area contributed by atoms with Crippen LogP contribution in [-0.2, 0) is 9.84 Å². The first-order valence-electron chi connectivity index (χ1n) is 8.81. The fraction of sp³-hybridized carbons (Fsp3) is 0.529. The van der Waals surface area contributed by atoms with Crippen molar-refractivity contribution in [1.82, 2.24) is 19.4 Å². The summed E-state index contributed by atoms with van der Waals surface area (Å²) in [5, 5.41) is -0.0744. The third-order valence-electron chi connectivity index (χ3n) is 5.46. The first-order chi connectivity index (χ1) is 12.0. The summed E-state index contributed by atoms with van der Waals surface area (Å²) in [5.74, 6) is 1.36. The SMILES string of the molecule is C[C@@H]1C[C@H](CS(=O)(=O)C2CC2)CN1c1ncc2cnc3[nH]ccc3n12. The Morgan fingerprint density at radius 2 is 2.08 bits per heavy atom. The summed E-state index contributed by atoms with van der Waals surface area (Å²) in [6.07, 6.45) is 8.10. The molecular weight excluding hydrogens is 338 g/mol. The van der Waals surface area contributed by atoms with Gasteiger partial charge >= 0.3 is 0 Å². The van der Waals surface area contributed by atoms with Gasteiger partial charge in [-0.15, -0.1) is 0 Å². The van der Waals surface area contributed by atoms with Gasteiger partial charge in [0.1, 0.15) is 0 Å². The molecule has 8 heteroatoms. The Morgan fingerprint density at radius 3 is 2.88 bits per heavy atom. The average molecular weight is 359 g/mol. The predicted octanol–water partition coefficient (Wildman–Crippen LogP) is 2.00. The maximum atomic E-state index is 12.3.